The highest BCUT2D eigenvalue weighted by Gasteiger charge is 2.65. The van der Waals surface area contributed by atoms with Gasteiger partial charge in [0, 0.05) is 66.6 Å². The number of nitrogens with zero attached hydrogens (tertiary/aromatic N) is 6. The Balaban J connectivity index is 1.01. The van der Waals surface area contributed by atoms with Gasteiger partial charge >= 0.3 is 5.66 Å². The number of fused-ring (bicyclic) bond motifs is 12. The fourth-order valence-electron chi connectivity index (χ4n) is 12.5. The topological polar surface area (TPSA) is 35.7 Å². The summed E-state index contributed by atoms with van der Waals surface area (Å²) in [4.78, 5) is 0. The molecule has 9 heterocycles. The predicted molar refractivity (Wildman–Crippen MR) is 246 cm³/mol. The maximum atomic E-state index is 7.08. The van der Waals surface area contributed by atoms with Gasteiger partial charge < -0.3 is 13.9 Å². The van der Waals surface area contributed by atoms with Crippen LogP contribution in [-0.2, 0) is 5.66 Å². The minimum absolute atomic E-state index is 0.679. The monoisotopic (exact) mass is 790 g/mol. The lowest BCUT2D eigenvalue weighted by Crippen LogP contribution is -2.71. The van der Waals surface area contributed by atoms with Crippen molar-refractivity contribution in [2.45, 2.75) is 5.66 Å². The van der Waals surface area contributed by atoms with Crippen LogP contribution in [0.5, 0.6) is 11.5 Å². The quantitative estimate of drug-likeness (QED) is 0.127. The van der Waals surface area contributed by atoms with E-state index >= 15 is 0 Å². The summed E-state index contributed by atoms with van der Waals surface area (Å²) in [6.07, 6.45) is 9.19. The molecule has 284 valence electrons. The molecule has 17 rings (SSSR count). The second-order valence-corrected chi connectivity index (χ2v) is 17.4. The molecule has 0 radical (unpaired) electrons. The normalized spacial score (nSPS) is 14.4. The molecular formula is C55H30N6O+2. The average Bonchev–Trinajstić information content (AvgIpc) is 4.18. The van der Waals surface area contributed by atoms with E-state index in [0.717, 1.165) is 22.9 Å². The summed E-state index contributed by atoms with van der Waals surface area (Å²) in [6, 6.07) is 57.9. The first-order valence-electron chi connectivity index (χ1n) is 21.3. The molecule has 0 saturated heterocycles. The standard InChI is InChI=1S/C55H30N6O/c1-3-11-31(12-4-1)60-41-17-9-7-15-33(41)37-27-39-35-19-21-47-51-49(35)53-56(43(39)29-45(37)60)23-25-58(53)55(51)52-48(62-47)22-20-36-40-28-38-34-16-8-10-18-42(34)61(32-13-5-2-6-14-32)46(38)30-44(40)57-24-26-59(55)54(57)50(36)52/h1-30H/q+2. The van der Waals surface area contributed by atoms with E-state index in [0.29, 0.717) is 0 Å². The third kappa shape index (κ3) is 3.12. The Kier molecular flexibility index (Phi) is 4.91. The number of pyridine rings is 2. The van der Waals surface area contributed by atoms with Gasteiger partial charge in [-0.2, -0.15) is 17.9 Å². The molecule has 6 aromatic heterocycles. The summed E-state index contributed by atoms with van der Waals surface area (Å²) >= 11 is 0. The zero-order chi connectivity index (χ0) is 39.7. The molecule has 0 aliphatic carbocycles. The predicted octanol–water partition coefficient (Wildman–Crippen LogP) is 11.6. The SMILES string of the molecule is c1ccc(-n2c3ccccc3c3cc4c5ccc6c7c5c5n(cc[n+]5C75c7c(ccc8c9cc%10c%11ccccc%11n(-c%11ccccc%11)c%10cc9n9cc[n+]5c9c78)O6)c4cc32)cc1. The van der Waals surface area contributed by atoms with E-state index in [9.17, 15) is 0 Å². The number of imidazole rings is 2. The highest BCUT2D eigenvalue weighted by molar-refractivity contribution is 6.23. The van der Waals surface area contributed by atoms with Gasteiger partial charge in [-0.1, -0.05) is 72.8 Å². The molecule has 1 spiro atoms. The first-order chi connectivity index (χ1) is 30.8. The molecule has 0 unspecified atom stereocenters. The van der Waals surface area contributed by atoms with Crippen molar-refractivity contribution in [3.8, 4) is 22.9 Å². The number of ether oxygens (including phenoxy) is 1. The number of benzene rings is 8. The third-order valence-corrected chi connectivity index (χ3v) is 14.7. The summed E-state index contributed by atoms with van der Waals surface area (Å²) in [7, 11) is 0. The van der Waals surface area contributed by atoms with E-state index in [2.05, 4.69) is 210 Å². The average molecular weight is 791 g/mol. The van der Waals surface area contributed by atoms with Gasteiger partial charge in [-0.25, -0.2) is 0 Å². The molecule has 3 aliphatic rings. The number of hydrogen-bond acceptors (Lipinski definition) is 1. The minimum atomic E-state index is -0.679. The molecule has 7 nitrogen and oxygen atoms in total. The zero-order valence-corrected chi connectivity index (χ0v) is 32.9. The van der Waals surface area contributed by atoms with Gasteiger partial charge in [-0.15, -0.1) is 0 Å². The minimum Gasteiger partial charge on any atom is -0.456 e. The lowest BCUT2D eigenvalue weighted by atomic mass is 9.85. The Morgan fingerprint density at radius 1 is 0.371 bits per heavy atom. The summed E-state index contributed by atoms with van der Waals surface area (Å²) < 4.78 is 21.9. The summed E-state index contributed by atoms with van der Waals surface area (Å²) in [5, 5.41) is 12.4. The third-order valence-electron chi connectivity index (χ3n) is 14.7. The van der Waals surface area contributed by atoms with Gasteiger partial charge in [-0.05, 0) is 72.8 Å². The Morgan fingerprint density at radius 3 is 1.29 bits per heavy atom. The molecule has 0 fully saturated rings. The Labute approximate surface area is 350 Å². The van der Waals surface area contributed by atoms with Crippen molar-refractivity contribution in [2.75, 3.05) is 0 Å². The van der Waals surface area contributed by atoms with Crippen LogP contribution in [0.4, 0.5) is 0 Å². The number of para-hydroxylation sites is 4. The van der Waals surface area contributed by atoms with Crippen molar-refractivity contribution in [1.29, 1.82) is 0 Å². The van der Waals surface area contributed by atoms with Crippen molar-refractivity contribution in [1.82, 2.24) is 17.9 Å². The molecule has 0 saturated carbocycles. The van der Waals surface area contributed by atoms with E-state index in [1.165, 1.54) is 109 Å². The van der Waals surface area contributed by atoms with Crippen LogP contribution in [0.25, 0.3) is 110 Å². The first kappa shape index (κ1) is 30.6. The van der Waals surface area contributed by atoms with Crippen LogP contribution in [0.1, 0.15) is 11.1 Å². The fourth-order valence-corrected chi connectivity index (χ4v) is 12.5. The van der Waals surface area contributed by atoms with Crippen LogP contribution < -0.4 is 13.9 Å². The first-order valence-corrected chi connectivity index (χ1v) is 21.3. The van der Waals surface area contributed by atoms with Gasteiger partial charge in [0.25, 0.3) is 11.3 Å². The second-order valence-electron chi connectivity index (χ2n) is 17.4. The van der Waals surface area contributed by atoms with Crippen molar-refractivity contribution in [3.05, 3.63) is 194 Å². The molecule has 0 amide bonds. The summed E-state index contributed by atoms with van der Waals surface area (Å²) in [5.41, 5.74) is 13.6. The Morgan fingerprint density at radius 2 is 0.806 bits per heavy atom. The summed E-state index contributed by atoms with van der Waals surface area (Å²) in [5.74, 6) is 1.82. The highest BCUT2D eigenvalue weighted by Crippen LogP contribution is 2.58. The Bertz CT molecular complexity index is 4180. The molecule has 0 N–H and O–H groups in total. The van der Waals surface area contributed by atoms with E-state index in [-0.39, 0.29) is 0 Å². The van der Waals surface area contributed by atoms with Gasteiger partial charge in [0.2, 0.25) is 0 Å². The molecule has 0 atom stereocenters. The van der Waals surface area contributed by atoms with Crippen LogP contribution in [0, 0.1) is 0 Å². The molecule has 0 bridgehead atoms. The van der Waals surface area contributed by atoms with Crippen LogP contribution >= 0.6 is 0 Å². The maximum absolute atomic E-state index is 7.08. The van der Waals surface area contributed by atoms with Crippen LogP contribution in [0.2, 0.25) is 0 Å². The van der Waals surface area contributed by atoms with Gasteiger partial charge in [-0.3, -0.25) is 0 Å². The molecule has 62 heavy (non-hydrogen) atoms. The fraction of sp³-hybridized carbons (Fsp3) is 0.0182. The van der Waals surface area contributed by atoms with Crippen LogP contribution in [0.15, 0.2) is 183 Å². The van der Waals surface area contributed by atoms with E-state index in [1.807, 2.05) is 0 Å². The largest absolute Gasteiger partial charge is 0.456 e. The maximum Gasteiger partial charge on any atom is 0.315 e. The molecule has 8 aromatic carbocycles. The van der Waals surface area contributed by atoms with E-state index in [4.69, 9.17) is 4.74 Å². The molecule has 7 heteroatoms. The van der Waals surface area contributed by atoms with Gasteiger partial charge in [0.15, 0.2) is 0 Å². The molecule has 14 aromatic rings. The highest BCUT2D eigenvalue weighted by atomic mass is 16.5. The molecule has 3 aliphatic heterocycles. The van der Waals surface area contributed by atoms with Crippen molar-refractivity contribution in [3.63, 3.8) is 0 Å². The lowest BCUT2D eigenvalue weighted by molar-refractivity contribution is -0.944. The van der Waals surface area contributed by atoms with Crippen molar-refractivity contribution >= 4 is 98.3 Å². The van der Waals surface area contributed by atoms with Gasteiger partial charge in [0.05, 0.1) is 32.8 Å². The van der Waals surface area contributed by atoms with Crippen molar-refractivity contribution < 1.29 is 13.9 Å². The molecular weight excluding hydrogens is 761 g/mol. The van der Waals surface area contributed by atoms with Crippen LogP contribution in [0.3, 0.4) is 0 Å². The van der Waals surface area contributed by atoms with Crippen molar-refractivity contribution in [2.24, 2.45) is 0 Å². The Hall–Kier alpha value is -8.42. The number of aromatic nitrogens is 6. The number of rotatable bonds is 2. The smallest absolute Gasteiger partial charge is 0.315 e. The summed E-state index contributed by atoms with van der Waals surface area (Å²) in [6.45, 7) is 0. The van der Waals surface area contributed by atoms with E-state index < -0.39 is 5.66 Å². The number of hydrogen-bond donors (Lipinski definition) is 0. The van der Waals surface area contributed by atoms with Crippen LogP contribution in [-0.4, -0.2) is 17.9 Å². The second kappa shape index (κ2) is 9.95. The zero-order valence-electron chi connectivity index (χ0n) is 32.9. The lowest BCUT2D eigenvalue weighted by Gasteiger charge is -2.30. The van der Waals surface area contributed by atoms with E-state index in [1.54, 1.807) is 0 Å². The van der Waals surface area contributed by atoms with Gasteiger partial charge in [0.1, 0.15) is 58.4 Å².